The van der Waals surface area contributed by atoms with Crippen molar-refractivity contribution in [2.75, 3.05) is 5.32 Å². The van der Waals surface area contributed by atoms with Gasteiger partial charge in [-0.2, -0.15) is 0 Å². The molecule has 0 bridgehead atoms. The summed E-state index contributed by atoms with van der Waals surface area (Å²) in [5, 5.41) is 3.41. The number of halogens is 2. The van der Waals surface area contributed by atoms with E-state index in [1.807, 2.05) is 0 Å². The fourth-order valence-electron chi connectivity index (χ4n) is 3.54. The molecule has 4 nitrogen and oxygen atoms in total. The zero-order chi connectivity index (χ0) is 17.7. The standard InChI is InChI=1S/C17H22Cl2N2O2S/c1-3-4-9-5-6-10-11(7-9)24-14(12(10)13(20)22)21-15(23)16(2)8-17(16,18)19/h9H,3-8H2,1-2H3,(H2,20,22)(H,21,23)/t9-,16+/m1/s1. The number of hydrogen-bond acceptors (Lipinski definition) is 3. The number of thiophene rings is 1. The average molecular weight is 389 g/mol. The lowest BCUT2D eigenvalue weighted by atomic mass is 9.84. The van der Waals surface area contributed by atoms with Gasteiger partial charge in [-0.3, -0.25) is 9.59 Å². The summed E-state index contributed by atoms with van der Waals surface area (Å²) in [5.74, 6) is -0.0934. The molecule has 3 N–H and O–H groups in total. The number of anilines is 1. The van der Waals surface area contributed by atoms with Crippen LogP contribution in [-0.2, 0) is 17.6 Å². The van der Waals surface area contributed by atoms with Crippen LogP contribution in [0.5, 0.6) is 0 Å². The first-order valence-electron chi connectivity index (χ1n) is 8.33. The second-order valence-electron chi connectivity index (χ2n) is 7.14. The molecule has 0 aliphatic heterocycles. The number of fused-ring (bicyclic) bond motifs is 1. The minimum atomic E-state index is -1.03. The molecule has 1 saturated carbocycles. The monoisotopic (exact) mass is 388 g/mol. The van der Waals surface area contributed by atoms with E-state index in [0.717, 1.165) is 31.2 Å². The highest BCUT2D eigenvalue weighted by atomic mass is 35.5. The van der Waals surface area contributed by atoms with Crippen molar-refractivity contribution in [2.45, 2.75) is 56.7 Å². The van der Waals surface area contributed by atoms with Crippen molar-refractivity contribution in [2.24, 2.45) is 17.1 Å². The lowest BCUT2D eigenvalue weighted by molar-refractivity contribution is -0.120. The fraction of sp³-hybridized carbons (Fsp3) is 0.647. The van der Waals surface area contributed by atoms with Gasteiger partial charge >= 0.3 is 0 Å². The summed E-state index contributed by atoms with van der Waals surface area (Å²) < 4.78 is -1.03. The summed E-state index contributed by atoms with van der Waals surface area (Å²) in [6.45, 7) is 3.92. The number of nitrogens with two attached hydrogens (primary N) is 1. The molecule has 1 aromatic heterocycles. The Labute approximate surface area is 156 Å². The normalized spacial score (nSPS) is 27.4. The van der Waals surface area contributed by atoms with Crippen LogP contribution in [0.15, 0.2) is 0 Å². The number of carbonyl (C=O) groups excluding carboxylic acids is 2. The molecule has 0 saturated heterocycles. The predicted octanol–water partition coefficient (Wildman–Crippen LogP) is 4.27. The number of alkyl halides is 2. The number of rotatable bonds is 5. The van der Waals surface area contributed by atoms with E-state index < -0.39 is 15.7 Å². The summed E-state index contributed by atoms with van der Waals surface area (Å²) in [7, 11) is 0. The Kier molecular flexibility index (Phi) is 4.65. The van der Waals surface area contributed by atoms with Gasteiger partial charge in [0.1, 0.15) is 9.33 Å². The van der Waals surface area contributed by atoms with Crippen LogP contribution >= 0.6 is 34.5 Å². The second kappa shape index (κ2) is 6.19. The highest BCUT2D eigenvalue weighted by Crippen LogP contribution is 2.64. The van der Waals surface area contributed by atoms with Crippen LogP contribution in [0, 0.1) is 11.3 Å². The minimum Gasteiger partial charge on any atom is -0.365 e. The summed E-state index contributed by atoms with van der Waals surface area (Å²) in [5.41, 5.74) is 6.26. The van der Waals surface area contributed by atoms with E-state index in [0.29, 0.717) is 22.9 Å². The summed E-state index contributed by atoms with van der Waals surface area (Å²) in [6.07, 6.45) is 5.61. The van der Waals surface area contributed by atoms with Gasteiger partial charge in [0.05, 0.1) is 11.0 Å². The van der Waals surface area contributed by atoms with Gasteiger partial charge in [0.15, 0.2) is 0 Å². The Morgan fingerprint density at radius 3 is 2.62 bits per heavy atom. The zero-order valence-electron chi connectivity index (χ0n) is 13.9. The van der Waals surface area contributed by atoms with Gasteiger partial charge in [-0.1, -0.05) is 19.8 Å². The van der Waals surface area contributed by atoms with Crippen molar-refractivity contribution in [1.29, 1.82) is 0 Å². The molecule has 0 aromatic carbocycles. The first-order valence-corrected chi connectivity index (χ1v) is 9.90. The Morgan fingerprint density at radius 2 is 2.08 bits per heavy atom. The lowest BCUT2D eigenvalue weighted by Gasteiger charge is -2.21. The van der Waals surface area contributed by atoms with Crippen LogP contribution in [0.3, 0.4) is 0 Å². The zero-order valence-corrected chi connectivity index (χ0v) is 16.2. The van der Waals surface area contributed by atoms with Gasteiger partial charge in [-0.25, -0.2) is 0 Å². The summed E-state index contributed by atoms with van der Waals surface area (Å²) in [4.78, 5) is 25.7. The lowest BCUT2D eigenvalue weighted by Crippen LogP contribution is -2.27. The van der Waals surface area contributed by atoms with E-state index >= 15 is 0 Å². The molecule has 3 rings (SSSR count). The average Bonchev–Trinajstić information content (AvgIpc) is 2.85. The quantitative estimate of drug-likeness (QED) is 0.738. The number of amides is 2. The Hall–Kier alpha value is -0.780. The molecule has 0 unspecified atom stereocenters. The summed E-state index contributed by atoms with van der Waals surface area (Å²) in [6, 6.07) is 0. The first-order chi connectivity index (χ1) is 11.2. The van der Waals surface area contributed by atoms with Crippen molar-refractivity contribution < 1.29 is 9.59 Å². The van der Waals surface area contributed by atoms with Gasteiger partial charge in [0, 0.05) is 4.88 Å². The van der Waals surface area contributed by atoms with Gasteiger partial charge in [-0.15, -0.1) is 34.5 Å². The molecule has 1 fully saturated rings. The minimum absolute atomic E-state index is 0.251. The van der Waals surface area contributed by atoms with Crippen molar-refractivity contribution in [1.82, 2.24) is 0 Å². The molecule has 0 spiro atoms. The molecule has 7 heteroatoms. The maximum absolute atomic E-state index is 12.5. The van der Waals surface area contributed by atoms with E-state index in [-0.39, 0.29) is 5.91 Å². The van der Waals surface area contributed by atoms with Crippen molar-refractivity contribution in [3.63, 3.8) is 0 Å². The van der Waals surface area contributed by atoms with Crippen LogP contribution in [0.25, 0.3) is 0 Å². The molecule has 1 heterocycles. The number of hydrogen-bond donors (Lipinski definition) is 2. The molecular weight excluding hydrogens is 367 g/mol. The third-order valence-electron chi connectivity index (χ3n) is 5.30. The molecule has 0 radical (unpaired) electrons. The summed E-state index contributed by atoms with van der Waals surface area (Å²) >= 11 is 13.6. The van der Waals surface area contributed by atoms with Gasteiger partial charge < -0.3 is 11.1 Å². The number of carbonyl (C=O) groups is 2. The Bertz CT molecular complexity index is 701. The SMILES string of the molecule is CCC[C@@H]1CCc2c(sc(NC(=O)[C@]3(C)CC3(Cl)Cl)c2C(N)=O)C1. The van der Waals surface area contributed by atoms with Crippen LogP contribution in [0.2, 0.25) is 0 Å². The molecule has 2 aliphatic rings. The van der Waals surface area contributed by atoms with Crippen molar-refractivity contribution in [3.05, 3.63) is 16.0 Å². The molecule has 2 atom stereocenters. The van der Waals surface area contributed by atoms with Gasteiger partial charge in [0.2, 0.25) is 5.91 Å². The Balaban J connectivity index is 1.86. The van der Waals surface area contributed by atoms with Gasteiger partial charge in [-0.05, 0) is 44.1 Å². The molecule has 24 heavy (non-hydrogen) atoms. The second-order valence-corrected chi connectivity index (χ2v) is 9.73. The predicted molar refractivity (Wildman–Crippen MR) is 99.1 cm³/mol. The number of nitrogens with one attached hydrogen (secondary N) is 1. The smallest absolute Gasteiger partial charge is 0.251 e. The van der Waals surface area contributed by atoms with Crippen LogP contribution in [0.1, 0.15) is 60.3 Å². The van der Waals surface area contributed by atoms with E-state index in [2.05, 4.69) is 12.2 Å². The maximum Gasteiger partial charge on any atom is 0.251 e. The van der Waals surface area contributed by atoms with E-state index in [1.54, 1.807) is 6.92 Å². The maximum atomic E-state index is 12.5. The van der Waals surface area contributed by atoms with Crippen LogP contribution < -0.4 is 11.1 Å². The molecule has 132 valence electrons. The van der Waals surface area contributed by atoms with E-state index in [4.69, 9.17) is 28.9 Å². The molecular formula is C17H22Cl2N2O2S. The number of primary amides is 1. The highest BCUT2D eigenvalue weighted by molar-refractivity contribution is 7.17. The highest BCUT2D eigenvalue weighted by Gasteiger charge is 2.68. The molecule has 2 amide bonds. The first kappa shape index (κ1) is 18.0. The van der Waals surface area contributed by atoms with Crippen molar-refractivity contribution >= 4 is 51.4 Å². The topological polar surface area (TPSA) is 72.2 Å². The Morgan fingerprint density at radius 1 is 1.42 bits per heavy atom. The van der Waals surface area contributed by atoms with Gasteiger partial charge in [0.25, 0.3) is 5.91 Å². The van der Waals surface area contributed by atoms with Crippen LogP contribution in [-0.4, -0.2) is 16.1 Å². The largest absolute Gasteiger partial charge is 0.365 e. The molecule has 1 aromatic rings. The molecule has 2 aliphatic carbocycles. The third-order valence-corrected chi connectivity index (χ3v) is 7.57. The fourth-order valence-corrected chi connectivity index (χ4v) is 5.61. The van der Waals surface area contributed by atoms with Crippen molar-refractivity contribution in [3.8, 4) is 0 Å². The van der Waals surface area contributed by atoms with E-state index in [1.165, 1.54) is 22.6 Å². The van der Waals surface area contributed by atoms with Crippen LogP contribution in [0.4, 0.5) is 5.00 Å². The van der Waals surface area contributed by atoms with E-state index in [9.17, 15) is 9.59 Å². The third kappa shape index (κ3) is 2.95.